The van der Waals surface area contributed by atoms with Crippen LogP contribution in [0, 0.1) is 0 Å². The predicted molar refractivity (Wildman–Crippen MR) is 83.8 cm³/mol. The van der Waals surface area contributed by atoms with Gasteiger partial charge in [0, 0.05) is 31.9 Å². The molecule has 6 heteroatoms. The number of hydrogen-bond donors (Lipinski definition) is 2. The van der Waals surface area contributed by atoms with Gasteiger partial charge in [0.25, 0.3) is 0 Å². The molecule has 1 heterocycles. The summed E-state index contributed by atoms with van der Waals surface area (Å²) in [6, 6.07) is 1.98. The largest absolute Gasteiger partial charge is 0.357 e. The third-order valence-electron chi connectivity index (χ3n) is 3.56. The molecule has 6 nitrogen and oxygen atoms in total. The van der Waals surface area contributed by atoms with Gasteiger partial charge in [0.1, 0.15) is 0 Å². The van der Waals surface area contributed by atoms with Crippen molar-refractivity contribution in [2.45, 2.75) is 32.9 Å². The minimum atomic E-state index is 0.0721. The maximum Gasteiger partial charge on any atom is 0.191 e. The Bertz CT molecular complexity index is 433. The zero-order chi connectivity index (χ0) is 15.2. The highest BCUT2D eigenvalue weighted by Gasteiger charge is 2.20. The minimum Gasteiger partial charge on any atom is -0.357 e. The van der Waals surface area contributed by atoms with E-state index in [0.717, 1.165) is 24.7 Å². The zero-order valence-electron chi connectivity index (χ0n) is 13.6. The van der Waals surface area contributed by atoms with Crippen LogP contribution < -0.4 is 10.6 Å². The molecule has 1 rings (SSSR count). The van der Waals surface area contributed by atoms with Crippen LogP contribution in [0.1, 0.15) is 26.5 Å². The molecule has 0 atom stereocenters. The Morgan fingerprint density at radius 2 is 2.10 bits per heavy atom. The standard InChI is InChI=1S/C14H28N6/c1-7-15-13(17-11-14(2,3)19(4)5)16-10-12-8-9-18-20(12)6/h8-9H,7,10-11H2,1-6H3,(H2,15,16,17). The van der Waals surface area contributed by atoms with Gasteiger partial charge in [-0.1, -0.05) is 0 Å². The molecule has 1 aromatic heterocycles. The van der Waals surface area contributed by atoms with Crippen LogP contribution in [-0.2, 0) is 13.6 Å². The number of nitrogens with one attached hydrogen (secondary N) is 2. The molecule has 2 N–H and O–H groups in total. The van der Waals surface area contributed by atoms with E-state index >= 15 is 0 Å². The number of hydrogen-bond acceptors (Lipinski definition) is 3. The Kier molecular flexibility index (Phi) is 6.01. The fourth-order valence-electron chi connectivity index (χ4n) is 1.52. The van der Waals surface area contributed by atoms with Gasteiger partial charge in [-0.25, -0.2) is 4.99 Å². The average molecular weight is 280 g/mol. The summed E-state index contributed by atoms with van der Waals surface area (Å²) >= 11 is 0. The first-order valence-electron chi connectivity index (χ1n) is 7.03. The van der Waals surface area contributed by atoms with E-state index in [0.29, 0.717) is 6.54 Å². The van der Waals surface area contributed by atoms with Crippen LogP contribution >= 0.6 is 0 Å². The van der Waals surface area contributed by atoms with Crippen molar-refractivity contribution in [3.63, 3.8) is 0 Å². The van der Waals surface area contributed by atoms with Crippen molar-refractivity contribution in [2.24, 2.45) is 12.0 Å². The van der Waals surface area contributed by atoms with E-state index in [9.17, 15) is 0 Å². The zero-order valence-corrected chi connectivity index (χ0v) is 13.6. The van der Waals surface area contributed by atoms with Crippen LogP contribution in [0.2, 0.25) is 0 Å². The molecule has 0 bridgehead atoms. The fraction of sp³-hybridized carbons (Fsp3) is 0.714. The molecule has 0 unspecified atom stereocenters. The maximum absolute atomic E-state index is 4.59. The summed E-state index contributed by atoms with van der Waals surface area (Å²) < 4.78 is 1.84. The molecule has 0 aromatic carbocycles. The quantitative estimate of drug-likeness (QED) is 0.598. The Balaban J connectivity index is 2.62. The molecule has 114 valence electrons. The molecule has 0 saturated heterocycles. The maximum atomic E-state index is 4.59. The lowest BCUT2D eigenvalue weighted by molar-refractivity contribution is 0.197. The summed E-state index contributed by atoms with van der Waals surface area (Å²) in [5.41, 5.74) is 1.16. The number of aryl methyl sites for hydroxylation is 1. The summed E-state index contributed by atoms with van der Waals surface area (Å²) in [6.07, 6.45) is 1.79. The normalized spacial score (nSPS) is 12.8. The van der Waals surface area contributed by atoms with Gasteiger partial charge in [-0.15, -0.1) is 0 Å². The van der Waals surface area contributed by atoms with Crippen LogP contribution in [0.5, 0.6) is 0 Å². The first-order chi connectivity index (χ1) is 9.36. The second kappa shape index (κ2) is 7.28. The molecule has 0 aliphatic heterocycles. The van der Waals surface area contributed by atoms with E-state index in [4.69, 9.17) is 0 Å². The lowest BCUT2D eigenvalue weighted by Gasteiger charge is -2.33. The van der Waals surface area contributed by atoms with E-state index in [-0.39, 0.29) is 5.54 Å². The third-order valence-corrected chi connectivity index (χ3v) is 3.56. The molecule has 0 radical (unpaired) electrons. The predicted octanol–water partition coefficient (Wildman–Crippen LogP) is 0.815. The van der Waals surface area contributed by atoms with Crippen molar-refractivity contribution in [3.05, 3.63) is 18.0 Å². The van der Waals surface area contributed by atoms with Crippen LogP contribution in [0.15, 0.2) is 17.3 Å². The number of aromatic nitrogens is 2. The van der Waals surface area contributed by atoms with E-state index in [1.165, 1.54) is 0 Å². The van der Waals surface area contributed by atoms with Crippen molar-refractivity contribution in [1.82, 2.24) is 25.3 Å². The van der Waals surface area contributed by atoms with E-state index < -0.39 is 0 Å². The molecular weight excluding hydrogens is 252 g/mol. The van der Waals surface area contributed by atoms with Crippen LogP contribution in [-0.4, -0.2) is 53.4 Å². The van der Waals surface area contributed by atoms with E-state index in [1.54, 1.807) is 6.20 Å². The number of guanidine groups is 1. The highest BCUT2D eigenvalue weighted by Crippen LogP contribution is 2.07. The van der Waals surface area contributed by atoms with E-state index in [1.807, 2.05) is 17.8 Å². The first kappa shape index (κ1) is 16.5. The van der Waals surface area contributed by atoms with Crippen LogP contribution in [0.4, 0.5) is 0 Å². The third kappa shape index (κ3) is 4.85. The first-order valence-corrected chi connectivity index (χ1v) is 7.03. The monoisotopic (exact) mass is 280 g/mol. The van der Waals surface area contributed by atoms with Gasteiger partial charge >= 0.3 is 0 Å². The van der Waals surface area contributed by atoms with Gasteiger partial charge in [0.2, 0.25) is 0 Å². The van der Waals surface area contributed by atoms with E-state index in [2.05, 4.69) is 60.5 Å². The summed E-state index contributed by atoms with van der Waals surface area (Å²) in [6.45, 7) is 8.76. The van der Waals surface area contributed by atoms with Gasteiger partial charge < -0.3 is 15.5 Å². The van der Waals surface area contributed by atoms with Gasteiger partial charge in [-0.3, -0.25) is 4.68 Å². The molecule has 0 spiro atoms. The summed E-state index contributed by atoms with van der Waals surface area (Å²) in [7, 11) is 6.10. The Morgan fingerprint density at radius 1 is 1.40 bits per heavy atom. The molecule has 0 aliphatic carbocycles. The molecule has 0 fully saturated rings. The van der Waals surface area contributed by atoms with Crippen molar-refractivity contribution in [1.29, 1.82) is 0 Å². The van der Waals surface area contributed by atoms with Crippen molar-refractivity contribution < 1.29 is 0 Å². The summed E-state index contributed by atoms with van der Waals surface area (Å²) in [5.74, 6) is 0.837. The second-order valence-corrected chi connectivity index (χ2v) is 5.70. The highest BCUT2D eigenvalue weighted by atomic mass is 15.3. The summed E-state index contributed by atoms with van der Waals surface area (Å²) in [5, 5.41) is 10.8. The van der Waals surface area contributed by atoms with Gasteiger partial charge in [0.15, 0.2) is 5.96 Å². The number of likely N-dealkylation sites (N-methyl/N-ethyl adjacent to an activating group) is 1. The van der Waals surface area contributed by atoms with Crippen molar-refractivity contribution in [2.75, 3.05) is 27.2 Å². The van der Waals surface area contributed by atoms with Gasteiger partial charge in [0.05, 0.1) is 12.2 Å². The number of rotatable bonds is 6. The minimum absolute atomic E-state index is 0.0721. The Morgan fingerprint density at radius 3 is 2.60 bits per heavy atom. The van der Waals surface area contributed by atoms with Crippen LogP contribution in [0.25, 0.3) is 0 Å². The van der Waals surface area contributed by atoms with Gasteiger partial charge in [-0.2, -0.15) is 5.10 Å². The van der Waals surface area contributed by atoms with Crippen LogP contribution in [0.3, 0.4) is 0 Å². The van der Waals surface area contributed by atoms with Crippen molar-refractivity contribution in [3.8, 4) is 0 Å². The lowest BCUT2D eigenvalue weighted by Crippen LogP contribution is -2.50. The molecule has 1 aromatic rings. The Hall–Kier alpha value is -1.56. The molecule has 0 saturated carbocycles. The second-order valence-electron chi connectivity index (χ2n) is 5.70. The highest BCUT2D eigenvalue weighted by molar-refractivity contribution is 5.79. The fourth-order valence-corrected chi connectivity index (χ4v) is 1.52. The lowest BCUT2D eigenvalue weighted by atomic mass is 10.0. The Labute approximate surface area is 122 Å². The van der Waals surface area contributed by atoms with Gasteiger partial charge in [-0.05, 0) is 40.9 Å². The number of aliphatic imine (C=N–C) groups is 1. The topological polar surface area (TPSA) is 57.5 Å². The smallest absolute Gasteiger partial charge is 0.191 e. The molecule has 0 amide bonds. The SMILES string of the molecule is CCNC(=NCc1ccnn1C)NCC(C)(C)N(C)C. The number of nitrogens with zero attached hydrogens (tertiary/aromatic N) is 4. The molecule has 0 aliphatic rings. The molecule has 20 heavy (non-hydrogen) atoms. The molecular formula is C14H28N6. The van der Waals surface area contributed by atoms with Crippen molar-refractivity contribution >= 4 is 5.96 Å². The average Bonchev–Trinajstić information content (AvgIpc) is 2.78. The summed E-state index contributed by atoms with van der Waals surface area (Å²) in [4.78, 5) is 6.79.